The lowest BCUT2D eigenvalue weighted by Gasteiger charge is -2.07. The van der Waals surface area contributed by atoms with Crippen LogP contribution in [-0.4, -0.2) is 4.98 Å². The Hall–Kier alpha value is -2.70. The van der Waals surface area contributed by atoms with Crippen LogP contribution in [0.3, 0.4) is 0 Å². The second-order valence-electron chi connectivity index (χ2n) is 5.61. The standard InChI is InChI=1S/C21H15FN2OS.BrH/c22-16-8-6-15(7-9-16)20-14-26-21(24-20)23-17-10-12-19(13-11-17)25-18-4-2-1-3-5-18;/h1-14H,(H,23,24);1H. The van der Waals surface area contributed by atoms with Gasteiger partial charge in [0.05, 0.1) is 5.69 Å². The zero-order valence-electron chi connectivity index (χ0n) is 14.1. The van der Waals surface area contributed by atoms with Crippen LogP contribution in [0.25, 0.3) is 11.3 Å². The molecule has 0 atom stereocenters. The minimum absolute atomic E-state index is 0. The number of aromatic nitrogens is 1. The van der Waals surface area contributed by atoms with Crippen molar-refractivity contribution in [3.05, 3.63) is 90.1 Å². The fourth-order valence-electron chi connectivity index (χ4n) is 2.44. The van der Waals surface area contributed by atoms with Gasteiger partial charge >= 0.3 is 0 Å². The molecule has 0 amide bonds. The van der Waals surface area contributed by atoms with Gasteiger partial charge in [0.15, 0.2) is 5.13 Å². The van der Waals surface area contributed by atoms with Crippen molar-refractivity contribution in [2.75, 3.05) is 5.32 Å². The first-order valence-corrected chi connectivity index (χ1v) is 8.96. The van der Waals surface area contributed by atoms with Gasteiger partial charge in [-0.15, -0.1) is 28.3 Å². The van der Waals surface area contributed by atoms with Crippen molar-refractivity contribution in [3.63, 3.8) is 0 Å². The van der Waals surface area contributed by atoms with Crippen LogP contribution in [0.5, 0.6) is 11.5 Å². The molecule has 0 radical (unpaired) electrons. The molecule has 0 aliphatic heterocycles. The summed E-state index contributed by atoms with van der Waals surface area (Å²) < 4.78 is 18.8. The molecule has 3 nitrogen and oxygen atoms in total. The number of rotatable bonds is 5. The third kappa shape index (κ3) is 4.93. The van der Waals surface area contributed by atoms with E-state index in [4.69, 9.17) is 4.74 Å². The van der Waals surface area contributed by atoms with E-state index in [1.807, 2.05) is 60.0 Å². The number of thiazole rings is 1. The van der Waals surface area contributed by atoms with Crippen LogP contribution in [0.1, 0.15) is 0 Å². The summed E-state index contributed by atoms with van der Waals surface area (Å²) >= 11 is 1.50. The summed E-state index contributed by atoms with van der Waals surface area (Å²) in [6, 6.07) is 23.7. The van der Waals surface area contributed by atoms with Gasteiger partial charge in [-0.25, -0.2) is 9.37 Å². The Bertz CT molecular complexity index is 989. The number of hydrogen-bond donors (Lipinski definition) is 1. The normalized spacial score (nSPS) is 10.1. The topological polar surface area (TPSA) is 34.1 Å². The van der Waals surface area contributed by atoms with E-state index in [9.17, 15) is 4.39 Å². The van der Waals surface area contributed by atoms with E-state index in [0.717, 1.165) is 33.6 Å². The van der Waals surface area contributed by atoms with E-state index in [0.29, 0.717) is 0 Å². The number of anilines is 2. The summed E-state index contributed by atoms with van der Waals surface area (Å²) in [4.78, 5) is 4.55. The number of benzene rings is 3. The highest BCUT2D eigenvalue weighted by atomic mass is 79.9. The Balaban J connectivity index is 0.00000210. The number of ether oxygens (including phenoxy) is 1. The molecule has 0 unspecified atom stereocenters. The van der Waals surface area contributed by atoms with Gasteiger partial charge in [0.1, 0.15) is 17.3 Å². The lowest BCUT2D eigenvalue weighted by atomic mass is 10.2. The van der Waals surface area contributed by atoms with Crippen molar-refractivity contribution < 1.29 is 9.13 Å². The zero-order chi connectivity index (χ0) is 17.8. The van der Waals surface area contributed by atoms with Gasteiger partial charge in [0, 0.05) is 16.6 Å². The van der Waals surface area contributed by atoms with E-state index >= 15 is 0 Å². The van der Waals surface area contributed by atoms with Crippen LogP contribution in [0.4, 0.5) is 15.2 Å². The highest BCUT2D eigenvalue weighted by Gasteiger charge is 2.05. The number of nitrogens with zero attached hydrogens (tertiary/aromatic N) is 1. The first-order chi connectivity index (χ1) is 12.8. The molecule has 136 valence electrons. The summed E-state index contributed by atoms with van der Waals surface area (Å²) in [5, 5.41) is 6.00. The fraction of sp³-hybridized carbons (Fsp3) is 0. The summed E-state index contributed by atoms with van der Waals surface area (Å²) in [7, 11) is 0. The zero-order valence-corrected chi connectivity index (χ0v) is 16.7. The molecule has 0 aliphatic carbocycles. The molecule has 4 rings (SSSR count). The summed E-state index contributed by atoms with van der Waals surface area (Å²) in [6.07, 6.45) is 0. The maximum absolute atomic E-state index is 13.0. The van der Waals surface area contributed by atoms with Gasteiger partial charge in [-0.05, 0) is 60.7 Å². The van der Waals surface area contributed by atoms with E-state index in [2.05, 4.69) is 10.3 Å². The Kier molecular flexibility index (Phi) is 6.21. The predicted octanol–water partition coefficient (Wildman–Crippen LogP) is 7.06. The number of para-hydroxylation sites is 1. The minimum atomic E-state index is -0.250. The number of halogens is 2. The van der Waals surface area contributed by atoms with E-state index in [1.165, 1.54) is 23.5 Å². The molecule has 4 aromatic rings. The minimum Gasteiger partial charge on any atom is -0.457 e. The van der Waals surface area contributed by atoms with Crippen molar-refractivity contribution in [1.82, 2.24) is 4.98 Å². The van der Waals surface area contributed by atoms with Crippen LogP contribution in [0, 0.1) is 5.82 Å². The maximum Gasteiger partial charge on any atom is 0.187 e. The van der Waals surface area contributed by atoms with E-state index in [-0.39, 0.29) is 22.8 Å². The summed E-state index contributed by atoms with van der Waals surface area (Å²) in [6.45, 7) is 0. The molecular formula is C21H16BrFN2OS. The molecule has 6 heteroatoms. The molecule has 0 saturated heterocycles. The Labute approximate surface area is 171 Å². The van der Waals surface area contributed by atoms with Gasteiger partial charge in [-0.2, -0.15) is 0 Å². The molecular weight excluding hydrogens is 427 g/mol. The Morgan fingerprint density at radius 2 is 1.48 bits per heavy atom. The molecule has 1 N–H and O–H groups in total. The first kappa shape index (κ1) is 19.1. The van der Waals surface area contributed by atoms with E-state index in [1.54, 1.807) is 12.1 Å². The van der Waals surface area contributed by atoms with Crippen LogP contribution < -0.4 is 10.1 Å². The third-order valence-corrected chi connectivity index (χ3v) is 4.49. The lowest BCUT2D eigenvalue weighted by Crippen LogP contribution is -1.90. The molecule has 0 fully saturated rings. The molecule has 27 heavy (non-hydrogen) atoms. The van der Waals surface area contributed by atoms with Crippen molar-refractivity contribution in [2.45, 2.75) is 0 Å². The second-order valence-corrected chi connectivity index (χ2v) is 6.47. The monoisotopic (exact) mass is 442 g/mol. The lowest BCUT2D eigenvalue weighted by molar-refractivity contribution is 0.483. The number of hydrogen-bond acceptors (Lipinski definition) is 4. The SMILES string of the molecule is Br.Fc1ccc(-c2csc(Nc3ccc(Oc4ccccc4)cc3)n2)cc1. The largest absolute Gasteiger partial charge is 0.457 e. The second kappa shape index (κ2) is 8.79. The predicted molar refractivity (Wildman–Crippen MR) is 114 cm³/mol. The molecule has 0 bridgehead atoms. The van der Waals surface area contributed by atoms with E-state index < -0.39 is 0 Å². The number of nitrogens with one attached hydrogen (secondary N) is 1. The van der Waals surface area contributed by atoms with Crippen LogP contribution in [-0.2, 0) is 0 Å². The smallest absolute Gasteiger partial charge is 0.187 e. The highest BCUT2D eigenvalue weighted by Crippen LogP contribution is 2.28. The fourth-order valence-corrected chi connectivity index (χ4v) is 3.18. The average molecular weight is 443 g/mol. The quantitative estimate of drug-likeness (QED) is 0.359. The Morgan fingerprint density at radius 1 is 0.815 bits per heavy atom. The molecule has 0 aliphatic rings. The van der Waals surface area contributed by atoms with Crippen molar-refractivity contribution >= 4 is 39.1 Å². The van der Waals surface area contributed by atoms with Gasteiger partial charge in [0.2, 0.25) is 0 Å². The average Bonchev–Trinajstić information content (AvgIpc) is 3.13. The van der Waals surface area contributed by atoms with Crippen LogP contribution in [0.15, 0.2) is 84.2 Å². The van der Waals surface area contributed by atoms with Crippen molar-refractivity contribution in [2.24, 2.45) is 0 Å². The van der Waals surface area contributed by atoms with Gasteiger partial charge < -0.3 is 10.1 Å². The molecule has 0 saturated carbocycles. The van der Waals surface area contributed by atoms with Gasteiger partial charge in [-0.1, -0.05) is 18.2 Å². The highest BCUT2D eigenvalue weighted by molar-refractivity contribution is 8.93. The van der Waals surface area contributed by atoms with Gasteiger partial charge in [0.25, 0.3) is 0 Å². The third-order valence-electron chi connectivity index (χ3n) is 3.73. The maximum atomic E-state index is 13.0. The summed E-state index contributed by atoms with van der Waals surface area (Å²) in [5.41, 5.74) is 2.63. The molecule has 1 heterocycles. The molecule has 3 aromatic carbocycles. The van der Waals surface area contributed by atoms with Crippen molar-refractivity contribution in [1.29, 1.82) is 0 Å². The van der Waals surface area contributed by atoms with Gasteiger partial charge in [-0.3, -0.25) is 0 Å². The Morgan fingerprint density at radius 3 is 2.19 bits per heavy atom. The van der Waals surface area contributed by atoms with Crippen LogP contribution in [0.2, 0.25) is 0 Å². The van der Waals surface area contributed by atoms with Crippen molar-refractivity contribution in [3.8, 4) is 22.8 Å². The van der Waals surface area contributed by atoms with Crippen LogP contribution >= 0.6 is 28.3 Å². The molecule has 0 spiro atoms. The first-order valence-electron chi connectivity index (χ1n) is 8.08. The summed E-state index contributed by atoms with van der Waals surface area (Å²) in [5.74, 6) is 1.32. The molecule has 1 aromatic heterocycles.